The van der Waals surface area contributed by atoms with Crippen LogP contribution in [0.3, 0.4) is 0 Å². The van der Waals surface area contributed by atoms with Gasteiger partial charge in [-0.1, -0.05) is 36.4 Å². The summed E-state index contributed by atoms with van der Waals surface area (Å²) in [6.07, 6.45) is 0.615. The van der Waals surface area contributed by atoms with E-state index in [2.05, 4.69) is 47.3 Å². The van der Waals surface area contributed by atoms with Crippen molar-refractivity contribution >= 4 is 23.8 Å². The minimum atomic E-state index is -0.958. The van der Waals surface area contributed by atoms with Crippen LogP contribution in [0, 0.1) is 6.92 Å². The molecule has 3 aromatic rings. The number of aryl methyl sites for hydroxylation is 1. The Morgan fingerprint density at radius 2 is 1.97 bits per heavy atom. The van der Waals surface area contributed by atoms with E-state index in [1.54, 1.807) is 22.6 Å². The van der Waals surface area contributed by atoms with Crippen LogP contribution in [0.25, 0.3) is 0 Å². The molecule has 0 radical (unpaired) electrons. The Morgan fingerprint density at radius 3 is 2.80 bits per heavy atom. The number of amides is 1. The summed E-state index contributed by atoms with van der Waals surface area (Å²) in [5, 5.41) is 4.87. The SMILES string of the molecule is COC(=O)OCOc1c2n(ccc1=O)N([C@@H]1c3ccccc3SCc3cccc(C)c31)CNC2=O. The van der Waals surface area contributed by atoms with Crippen LogP contribution in [0.4, 0.5) is 4.79 Å². The number of ether oxygens (including phenoxy) is 3. The number of hydrogen-bond donors (Lipinski definition) is 1. The van der Waals surface area contributed by atoms with Crippen LogP contribution in [0.5, 0.6) is 5.75 Å². The predicted molar refractivity (Wildman–Crippen MR) is 129 cm³/mol. The molecule has 0 unspecified atom stereocenters. The number of pyridine rings is 1. The van der Waals surface area contributed by atoms with E-state index in [1.165, 1.54) is 11.6 Å². The van der Waals surface area contributed by atoms with Gasteiger partial charge >= 0.3 is 6.16 Å². The maximum Gasteiger partial charge on any atom is 0.510 e. The van der Waals surface area contributed by atoms with E-state index in [0.29, 0.717) is 0 Å². The van der Waals surface area contributed by atoms with Gasteiger partial charge in [0, 0.05) is 22.9 Å². The molecular weight excluding hydrogens is 470 g/mol. The zero-order valence-corrected chi connectivity index (χ0v) is 20.0. The largest absolute Gasteiger partial charge is 0.510 e. The molecule has 180 valence electrons. The normalized spacial score (nSPS) is 16.2. The monoisotopic (exact) mass is 493 g/mol. The van der Waals surface area contributed by atoms with E-state index in [1.807, 2.05) is 17.1 Å². The van der Waals surface area contributed by atoms with Crippen molar-refractivity contribution in [1.29, 1.82) is 0 Å². The van der Waals surface area contributed by atoms with Crippen molar-refractivity contribution in [3.63, 3.8) is 0 Å². The Hall–Kier alpha value is -3.92. The van der Waals surface area contributed by atoms with Gasteiger partial charge in [-0.3, -0.25) is 19.3 Å². The van der Waals surface area contributed by atoms with Crippen molar-refractivity contribution < 1.29 is 23.8 Å². The Kier molecular flexibility index (Phi) is 6.12. The summed E-state index contributed by atoms with van der Waals surface area (Å²) < 4.78 is 16.3. The van der Waals surface area contributed by atoms with Crippen molar-refractivity contribution in [1.82, 2.24) is 9.99 Å². The third kappa shape index (κ3) is 4.10. The zero-order chi connectivity index (χ0) is 24.5. The van der Waals surface area contributed by atoms with E-state index >= 15 is 0 Å². The number of carbonyl (C=O) groups excluding carboxylic acids is 2. The summed E-state index contributed by atoms with van der Waals surface area (Å²) >= 11 is 1.77. The van der Waals surface area contributed by atoms with Crippen LogP contribution < -0.4 is 20.5 Å². The van der Waals surface area contributed by atoms with Crippen molar-refractivity contribution in [2.24, 2.45) is 0 Å². The van der Waals surface area contributed by atoms with Crippen LogP contribution in [0.2, 0.25) is 0 Å². The van der Waals surface area contributed by atoms with Gasteiger partial charge in [0.2, 0.25) is 18.0 Å². The minimum Gasteiger partial charge on any atom is -0.451 e. The average Bonchev–Trinajstić information content (AvgIpc) is 3.03. The highest BCUT2D eigenvalue weighted by atomic mass is 32.2. The molecule has 1 amide bonds. The fourth-order valence-corrected chi connectivity index (χ4v) is 5.59. The highest BCUT2D eigenvalue weighted by Crippen LogP contribution is 2.43. The van der Waals surface area contributed by atoms with Gasteiger partial charge in [-0.25, -0.2) is 4.79 Å². The van der Waals surface area contributed by atoms with Gasteiger partial charge in [0.1, 0.15) is 6.67 Å². The molecule has 0 spiro atoms. The highest BCUT2D eigenvalue weighted by Gasteiger charge is 2.36. The van der Waals surface area contributed by atoms with Crippen LogP contribution in [0.15, 0.2) is 64.4 Å². The lowest BCUT2D eigenvalue weighted by atomic mass is 9.91. The fourth-order valence-electron chi connectivity index (χ4n) is 4.51. The minimum absolute atomic E-state index is 0.0294. The summed E-state index contributed by atoms with van der Waals surface area (Å²) in [4.78, 5) is 38.1. The number of fused-ring (bicyclic) bond motifs is 3. The molecule has 1 N–H and O–H groups in total. The topological polar surface area (TPSA) is 99.1 Å². The second-order valence-electron chi connectivity index (χ2n) is 8.04. The lowest BCUT2D eigenvalue weighted by molar-refractivity contribution is 0.0138. The zero-order valence-electron chi connectivity index (χ0n) is 19.1. The molecule has 5 rings (SSSR count). The molecule has 0 aliphatic carbocycles. The van der Waals surface area contributed by atoms with Crippen molar-refractivity contribution in [2.45, 2.75) is 23.6 Å². The molecule has 1 atom stereocenters. The van der Waals surface area contributed by atoms with E-state index < -0.39 is 24.3 Å². The molecule has 35 heavy (non-hydrogen) atoms. The van der Waals surface area contributed by atoms with Crippen LogP contribution in [-0.2, 0) is 15.2 Å². The number of benzene rings is 2. The van der Waals surface area contributed by atoms with Crippen molar-refractivity contribution in [2.75, 3.05) is 25.6 Å². The number of methoxy groups -OCH3 is 1. The summed E-state index contributed by atoms with van der Waals surface area (Å²) in [6, 6.07) is 15.6. The maximum absolute atomic E-state index is 13.0. The summed E-state index contributed by atoms with van der Waals surface area (Å²) in [6.45, 7) is 1.72. The number of thioether (sulfide) groups is 1. The Morgan fingerprint density at radius 1 is 1.14 bits per heavy atom. The quantitative estimate of drug-likeness (QED) is 0.437. The van der Waals surface area contributed by atoms with E-state index in [0.717, 1.165) is 34.4 Å². The van der Waals surface area contributed by atoms with Gasteiger partial charge in [0.25, 0.3) is 5.91 Å². The number of nitrogens with zero attached hydrogens (tertiary/aromatic N) is 2. The van der Waals surface area contributed by atoms with E-state index in [-0.39, 0.29) is 24.2 Å². The fraction of sp³-hybridized carbons (Fsp3) is 0.240. The summed E-state index contributed by atoms with van der Waals surface area (Å²) in [5.41, 5.74) is 4.12. The van der Waals surface area contributed by atoms with Gasteiger partial charge in [0.15, 0.2) is 5.69 Å². The number of hydrogen-bond acceptors (Lipinski definition) is 8. The van der Waals surface area contributed by atoms with E-state index in [4.69, 9.17) is 9.47 Å². The molecule has 2 aromatic carbocycles. The first-order valence-electron chi connectivity index (χ1n) is 10.9. The molecule has 0 saturated heterocycles. The molecule has 10 heteroatoms. The molecular formula is C25H23N3O6S. The second kappa shape index (κ2) is 9.38. The van der Waals surface area contributed by atoms with Crippen molar-refractivity contribution in [3.8, 4) is 5.75 Å². The third-order valence-electron chi connectivity index (χ3n) is 6.06. The van der Waals surface area contributed by atoms with Crippen molar-refractivity contribution in [3.05, 3.63) is 92.9 Å². The maximum atomic E-state index is 13.0. The predicted octanol–water partition coefficient (Wildman–Crippen LogP) is 3.31. The molecule has 1 aromatic heterocycles. The molecule has 9 nitrogen and oxygen atoms in total. The number of aromatic nitrogens is 1. The Balaban J connectivity index is 1.65. The van der Waals surface area contributed by atoms with Crippen LogP contribution in [0.1, 0.15) is 38.8 Å². The van der Waals surface area contributed by atoms with Gasteiger partial charge in [0.05, 0.1) is 13.2 Å². The summed E-state index contributed by atoms with van der Waals surface area (Å²) in [7, 11) is 1.16. The molecule has 2 aliphatic rings. The number of nitrogens with one attached hydrogen (secondary N) is 1. The van der Waals surface area contributed by atoms with Gasteiger partial charge < -0.3 is 19.5 Å². The highest BCUT2D eigenvalue weighted by molar-refractivity contribution is 7.98. The smallest absolute Gasteiger partial charge is 0.451 e. The first-order valence-corrected chi connectivity index (χ1v) is 11.9. The molecule has 3 heterocycles. The van der Waals surface area contributed by atoms with Crippen LogP contribution in [-0.4, -0.2) is 37.3 Å². The Labute approximate surface area is 205 Å². The molecule has 0 fully saturated rings. The first-order chi connectivity index (χ1) is 17.0. The second-order valence-corrected chi connectivity index (χ2v) is 9.06. The lowest BCUT2D eigenvalue weighted by Gasteiger charge is -2.40. The average molecular weight is 494 g/mol. The van der Waals surface area contributed by atoms with Crippen LogP contribution >= 0.6 is 11.8 Å². The van der Waals surface area contributed by atoms with Gasteiger partial charge in [-0.2, -0.15) is 0 Å². The molecule has 2 aliphatic heterocycles. The van der Waals surface area contributed by atoms with Gasteiger partial charge in [-0.05, 0) is 35.2 Å². The van der Waals surface area contributed by atoms with E-state index in [9.17, 15) is 14.4 Å². The first kappa shape index (κ1) is 22.9. The molecule has 0 bridgehead atoms. The summed E-state index contributed by atoms with van der Waals surface area (Å²) in [5.74, 6) is 0.147. The number of rotatable bonds is 4. The Bertz CT molecular complexity index is 1370. The molecule has 0 saturated carbocycles. The lowest BCUT2D eigenvalue weighted by Crippen LogP contribution is -2.54. The number of carbonyl (C=O) groups is 2. The third-order valence-corrected chi connectivity index (χ3v) is 7.20. The standard InChI is InChI=1S/C25H23N3O6S/c1-15-6-5-7-16-12-35-19-9-4-3-8-17(19)21(20(15)16)28-13-26-24(30)22-23(18(29)10-11-27(22)28)33-14-34-25(31)32-2/h3-11,21H,12-14H2,1-2H3,(H,26,30)/t21-/m1/s1. The van der Waals surface area contributed by atoms with Gasteiger partial charge in [-0.15, -0.1) is 11.8 Å².